The Morgan fingerprint density at radius 1 is 0.655 bits per heavy atom. The molecule has 3 fully saturated rings. The van der Waals surface area contributed by atoms with Crippen LogP contribution in [0, 0.1) is 35.3 Å². The second-order valence-corrected chi connectivity index (χ2v) is 9.52. The van der Waals surface area contributed by atoms with Gasteiger partial charge in [-0.1, -0.05) is 25.7 Å². The average Bonchev–Trinajstić information content (AvgIpc) is 3.26. The van der Waals surface area contributed by atoms with Gasteiger partial charge in [0.15, 0.2) is 17.4 Å². The minimum Gasteiger partial charge on any atom is -0.429 e. The van der Waals surface area contributed by atoms with E-state index in [-0.39, 0.29) is 5.92 Å². The zero-order chi connectivity index (χ0) is 20.4. The summed E-state index contributed by atoms with van der Waals surface area (Å²) in [6.45, 7) is -3.23. The highest BCUT2D eigenvalue weighted by atomic mass is 19.3. The van der Waals surface area contributed by atoms with Crippen LogP contribution in [0.2, 0.25) is 0 Å². The molecule has 0 atom stereocenters. The highest BCUT2D eigenvalue weighted by molar-refractivity contribution is 5.33. The number of halogens is 4. The van der Waals surface area contributed by atoms with E-state index in [9.17, 15) is 17.6 Å². The summed E-state index contributed by atoms with van der Waals surface area (Å²) in [7, 11) is 0. The van der Waals surface area contributed by atoms with E-state index in [0.717, 1.165) is 49.4 Å². The van der Waals surface area contributed by atoms with Crippen molar-refractivity contribution in [1.29, 1.82) is 0 Å². The minimum atomic E-state index is -3.23. The van der Waals surface area contributed by atoms with Crippen LogP contribution in [0.4, 0.5) is 17.6 Å². The molecule has 0 amide bonds. The molecule has 162 valence electrons. The maximum absolute atomic E-state index is 14.1. The lowest BCUT2D eigenvalue weighted by atomic mass is 9.66. The van der Waals surface area contributed by atoms with Crippen molar-refractivity contribution in [2.45, 2.75) is 89.6 Å². The SMILES string of the molecule is Fc1cc([C@H]2CC[C@H]([C@H]3CC[C@H](C4CCCC4)CC3)CC2)cc(F)c1OC(F)F. The van der Waals surface area contributed by atoms with Gasteiger partial charge >= 0.3 is 6.61 Å². The van der Waals surface area contributed by atoms with Gasteiger partial charge in [-0.15, -0.1) is 0 Å². The van der Waals surface area contributed by atoms with E-state index in [1.165, 1.54) is 63.5 Å². The lowest BCUT2D eigenvalue weighted by Crippen LogP contribution is -2.27. The summed E-state index contributed by atoms with van der Waals surface area (Å²) in [5, 5.41) is 0. The molecule has 0 bridgehead atoms. The Morgan fingerprint density at radius 3 is 1.52 bits per heavy atom. The molecular weight excluding hydrogens is 380 g/mol. The number of rotatable bonds is 5. The molecule has 4 rings (SSSR count). The first-order valence-electron chi connectivity index (χ1n) is 11.4. The van der Waals surface area contributed by atoms with Gasteiger partial charge in [0.1, 0.15) is 0 Å². The first kappa shape index (κ1) is 21.0. The molecule has 0 N–H and O–H groups in total. The zero-order valence-corrected chi connectivity index (χ0v) is 17.0. The third-order valence-corrected chi connectivity index (χ3v) is 8.02. The van der Waals surface area contributed by atoms with Crippen molar-refractivity contribution >= 4 is 0 Å². The number of hydrogen-bond donors (Lipinski definition) is 0. The molecule has 0 saturated heterocycles. The summed E-state index contributed by atoms with van der Waals surface area (Å²) in [5.74, 6) is 0.525. The van der Waals surface area contributed by atoms with Crippen LogP contribution >= 0.6 is 0 Å². The number of alkyl halides is 2. The van der Waals surface area contributed by atoms with Crippen LogP contribution in [0.3, 0.4) is 0 Å². The van der Waals surface area contributed by atoms with Crippen LogP contribution in [-0.2, 0) is 0 Å². The van der Waals surface area contributed by atoms with Crippen LogP contribution in [-0.4, -0.2) is 6.61 Å². The molecule has 29 heavy (non-hydrogen) atoms. The number of hydrogen-bond acceptors (Lipinski definition) is 1. The van der Waals surface area contributed by atoms with Crippen molar-refractivity contribution in [3.8, 4) is 5.75 Å². The van der Waals surface area contributed by atoms with Gasteiger partial charge in [-0.3, -0.25) is 0 Å². The minimum absolute atomic E-state index is 0.102. The predicted octanol–water partition coefficient (Wildman–Crippen LogP) is 7.84. The average molecular weight is 413 g/mol. The van der Waals surface area contributed by atoms with Gasteiger partial charge < -0.3 is 4.74 Å². The van der Waals surface area contributed by atoms with E-state index >= 15 is 0 Å². The molecule has 0 heterocycles. The van der Waals surface area contributed by atoms with Crippen LogP contribution in [0.15, 0.2) is 12.1 Å². The molecule has 3 aliphatic rings. The second-order valence-electron chi connectivity index (χ2n) is 9.52. The van der Waals surface area contributed by atoms with Crippen molar-refractivity contribution in [3.05, 3.63) is 29.3 Å². The molecule has 0 spiro atoms. The van der Waals surface area contributed by atoms with Gasteiger partial charge in [-0.2, -0.15) is 8.78 Å². The monoisotopic (exact) mass is 412 g/mol. The quantitative estimate of drug-likeness (QED) is 0.448. The highest BCUT2D eigenvalue weighted by Gasteiger charge is 2.34. The molecule has 0 aromatic heterocycles. The van der Waals surface area contributed by atoms with E-state index < -0.39 is 24.0 Å². The van der Waals surface area contributed by atoms with E-state index in [4.69, 9.17) is 0 Å². The Kier molecular flexibility index (Phi) is 6.70. The molecule has 5 heteroatoms. The third kappa shape index (κ3) is 4.91. The summed E-state index contributed by atoms with van der Waals surface area (Å²) in [6, 6.07) is 2.36. The van der Waals surface area contributed by atoms with Crippen LogP contribution < -0.4 is 4.74 Å². The Morgan fingerprint density at radius 2 is 1.07 bits per heavy atom. The van der Waals surface area contributed by atoms with Gasteiger partial charge in [0.25, 0.3) is 0 Å². The maximum Gasteiger partial charge on any atom is 0.387 e. The summed E-state index contributed by atoms with van der Waals surface area (Å²) in [6.07, 6.45) is 15.2. The molecule has 0 radical (unpaired) electrons. The van der Waals surface area contributed by atoms with E-state index in [2.05, 4.69) is 4.74 Å². The summed E-state index contributed by atoms with van der Waals surface area (Å²) >= 11 is 0. The first-order chi connectivity index (χ1) is 14.0. The Hall–Kier alpha value is -1.26. The van der Waals surface area contributed by atoms with E-state index in [0.29, 0.717) is 5.56 Å². The van der Waals surface area contributed by atoms with E-state index in [1.54, 1.807) is 0 Å². The fourth-order valence-corrected chi connectivity index (χ4v) is 6.46. The summed E-state index contributed by atoms with van der Waals surface area (Å²) in [4.78, 5) is 0. The normalized spacial score (nSPS) is 31.3. The van der Waals surface area contributed by atoms with Gasteiger partial charge in [0.2, 0.25) is 0 Å². The standard InChI is InChI=1S/C24H32F4O/c25-21-13-20(14-22(26)23(21)29-24(27)28)19-11-9-18(10-12-19)17-7-5-16(6-8-17)15-3-1-2-4-15/h13-19,24H,1-12H2/t16-,17-,18-,19-. The lowest BCUT2D eigenvalue weighted by molar-refractivity contribution is -0.0546. The fraction of sp³-hybridized carbons (Fsp3) is 0.750. The first-order valence-corrected chi connectivity index (χ1v) is 11.4. The molecule has 1 nitrogen and oxygen atoms in total. The Balaban J connectivity index is 1.29. The Labute approximate surface area is 171 Å². The smallest absolute Gasteiger partial charge is 0.387 e. The van der Waals surface area contributed by atoms with E-state index in [1.807, 2.05) is 0 Å². The molecule has 1 aromatic carbocycles. The molecule has 1 aromatic rings. The number of benzene rings is 1. The fourth-order valence-electron chi connectivity index (χ4n) is 6.46. The molecule has 3 aliphatic carbocycles. The molecule has 3 saturated carbocycles. The van der Waals surface area contributed by atoms with Gasteiger partial charge in [-0.25, -0.2) is 8.78 Å². The molecule has 0 unspecified atom stereocenters. The third-order valence-electron chi connectivity index (χ3n) is 8.02. The number of ether oxygens (including phenoxy) is 1. The van der Waals surface area contributed by atoms with Gasteiger partial charge in [-0.05, 0) is 98.7 Å². The molecule has 0 aliphatic heterocycles. The van der Waals surface area contributed by atoms with Gasteiger partial charge in [0, 0.05) is 0 Å². The van der Waals surface area contributed by atoms with Crippen molar-refractivity contribution in [2.75, 3.05) is 0 Å². The largest absolute Gasteiger partial charge is 0.429 e. The second kappa shape index (κ2) is 9.26. The predicted molar refractivity (Wildman–Crippen MR) is 105 cm³/mol. The van der Waals surface area contributed by atoms with Crippen LogP contribution in [0.1, 0.15) is 88.5 Å². The summed E-state index contributed by atoms with van der Waals surface area (Å²) < 4.78 is 56.7. The van der Waals surface area contributed by atoms with Crippen molar-refractivity contribution in [1.82, 2.24) is 0 Å². The topological polar surface area (TPSA) is 9.23 Å². The highest BCUT2D eigenvalue weighted by Crippen LogP contribution is 2.47. The van der Waals surface area contributed by atoms with Crippen molar-refractivity contribution in [3.63, 3.8) is 0 Å². The van der Waals surface area contributed by atoms with Crippen molar-refractivity contribution < 1.29 is 22.3 Å². The van der Waals surface area contributed by atoms with Crippen LogP contribution in [0.25, 0.3) is 0 Å². The Bertz CT molecular complexity index is 646. The van der Waals surface area contributed by atoms with Crippen molar-refractivity contribution in [2.24, 2.45) is 23.7 Å². The molecular formula is C24H32F4O. The summed E-state index contributed by atoms with van der Waals surface area (Å²) in [5.41, 5.74) is 0.574. The zero-order valence-electron chi connectivity index (χ0n) is 17.0. The lowest BCUT2D eigenvalue weighted by Gasteiger charge is -2.39. The van der Waals surface area contributed by atoms with Gasteiger partial charge in [0.05, 0.1) is 0 Å². The maximum atomic E-state index is 14.1. The van der Waals surface area contributed by atoms with Crippen LogP contribution in [0.5, 0.6) is 5.75 Å².